The summed E-state index contributed by atoms with van der Waals surface area (Å²) in [5.41, 5.74) is 0.144. The smallest absolute Gasteiger partial charge is 0.309 e. The van der Waals surface area contributed by atoms with E-state index in [2.05, 4.69) is 20.2 Å². The quantitative estimate of drug-likeness (QED) is 0.697. The van der Waals surface area contributed by atoms with Crippen molar-refractivity contribution >= 4 is 23.5 Å². The maximum Gasteiger partial charge on any atom is 0.309 e. The van der Waals surface area contributed by atoms with Crippen molar-refractivity contribution < 1.29 is 14.7 Å². The number of carbonyl (C=O) groups is 2. The monoisotopic (exact) mass is 424 g/mol. The molecule has 3 rings (SSSR count). The predicted molar refractivity (Wildman–Crippen MR) is 121 cm³/mol. The third-order valence-electron chi connectivity index (χ3n) is 6.01. The number of nitrogens with one attached hydrogen (secondary N) is 1. The lowest BCUT2D eigenvalue weighted by Gasteiger charge is -2.28. The number of amides is 1. The number of hydrogen-bond donors (Lipinski definition) is 2. The molecular formula is C24H32N4O3. The molecule has 1 aromatic heterocycles. The first kappa shape index (κ1) is 22.7. The van der Waals surface area contributed by atoms with Crippen molar-refractivity contribution in [2.45, 2.75) is 58.8 Å². The zero-order valence-corrected chi connectivity index (χ0v) is 18.8. The molecule has 0 atom stereocenters. The zero-order chi connectivity index (χ0) is 22.6. The van der Waals surface area contributed by atoms with Gasteiger partial charge in [0.2, 0.25) is 5.91 Å². The zero-order valence-electron chi connectivity index (χ0n) is 18.8. The largest absolute Gasteiger partial charge is 0.481 e. The highest BCUT2D eigenvalue weighted by molar-refractivity contribution is 5.97. The van der Waals surface area contributed by atoms with Crippen LogP contribution in [0, 0.1) is 5.41 Å². The van der Waals surface area contributed by atoms with E-state index < -0.39 is 16.8 Å². The summed E-state index contributed by atoms with van der Waals surface area (Å²) in [6.07, 6.45) is 7.26. The second-order valence-corrected chi connectivity index (χ2v) is 9.45. The maximum absolute atomic E-state index is 13.1. The van der Waals surface area contributed by atoms with Crippen molar-refractivity contribution in [3.8, 4) is 0 Å². The van der Waals surface area contributed by atoms with Gasteiger partial charge in [-0.25, -0.2) is 4.98 Å². The number of rotatable bonds is 7. The van der Waals surface area contributed by atoms with Crippen molar-refractivity contribution in [3.05, 3.63) is 47.8 Å². The Labute approximate surface area is 183 Å². The molecule has 1 amide bonds. The molecule has 0 bridgehead atoms. The second-order valence-electron chi connectivity index (χ2n) is 9.45. The fourth-order valence-electron chi connectivity index (χ4n) is 3.72. The molecule has 2 aromatic rings. The molecule has 1 aliphatic heterocycles. The number of anilines is 2. The highest BCUT2D eigenvalue weighted by Crippen LogP contribution is 2.28. The van der Waals surface area contributed by atoms with Gasteiger partial charge in [0.25, 0.3) is 0 Å². The van der Waals surface area contributed by atoms with Crippen LogP contribution in [0.3, 0.4) is 0 Å². The third kappa shape index (κ3) is 5.40. The van der Waals surface area contributed by atoms with Crippen LogP contribution in [0.4, 0.5) is 11.6 Å². The van der Waals surface area contributed by atoms with Crippen molar-refractivity contribution in [1.29, 1.82) is 0 Å². The summed E-state index contributed by atoms with van der Waals surface area (Å²) >= 11 is 0. The Balaban J connectivity index is 1.70. The van der Waals surface area contributed by atoms with Gasteiger partial charge >= 0.3 is 5.97 Å². The second kappa shape index (κ2) is 9.04. The van der Waals surface area contributed by atoms with E-state index in [-0.39, 0.29) is 5.91 Å². The number of aliphatic carboxylic acids is 1. The van der Waals surface area contributed by atoms with Gasteiger partial charge in [0.15, 0.2) is 5.82 Å². The third-order valence-corrected chi connectivity index (χ3v) is 6.01. The summed E-state index contributed by atoms with van der Waals surface area (Å²) in [5, 5.41) is 12.2. The number of aromatic nitrogens is 2. The molecule has 7 nitrogen and oxygen atoms in total. The van der Waals surface area contributed by atoms with Crippen LogP contribution in [0.2, 0.25) is 0 Å². The van der Waals surface area contributed by atoms with Gasteiger partial charge < -0.3 is 15.3 Å². The van der Waals surface area contributed by atoms with Crippen LogP contribution in [0.5, 0.6) is 0 Å². The first-order valence-electron chi connectivity index (χ1n) is 10.8. The minimum Gasteiger partial charge on any atom is -0.481 e. The number of carboxylic acid groups (broad SMARTS) is 1. The number of piperidine rings is 1. The highest BCUT2D eigenvalue weighted by atomic mass is 16.4. The normalized spacial score (nSPS) is 14.9. The molecule has 0 saturated carbocycles. The molecule has 7 heteroatoms. The molecule has 1 saturated heterocycles. The Morgan fingerprint density at radius 3 is 2.29 bits per heavy atom. The first-order chi connectivity index (χ1) is 14.6. The van der Waals surface area contributed by atoms with Crippen LogP contribution >= 0.6 is 0 Å². The molecule has 0 radical (unpaired) electrons. The van der Waals surface area contributed by atoms with E-state index in [0.29, 0.717) is 12.2 Å². The minimum atomic E-state index is -0.841. The van der Waals surface area contributed by atoms with Gasteiger partial charge in [-0.05, 0) is 64.5 Å². The number of hydrogen-bond acceptors (Lipinski definition) is 5. The maximum atomic E-state index is 13.1. The van der Waals surface area contributed by atoms with Crippen LogP contribution in [0.25, 0.3) is 0 Å². The summed E-state index contributed by atoms with van der Waals surface area (Å²) in [6.45, 7) is 9.06. The molecular weight excluding hydrogens is 392 g/mol. The van der Waals surface area contributed by atoms with Gasteiger partial charge in [-0.1, -0.05) is 24.3 Å². The molecule has 1 aliphatic rings. The highest BCUT2D eigenvalue weighted by Gasteiger charge is 2.31. The van der Waals surface area contributed by atoms with E-state index in [4.69, 9.17) is 0 Å². The lowest BCUT2D eigenvalue weighted by molar-refractivity contribution is -0.146. The van der Waals surface area contributed by atoms with Gasteiger partial charge in [0.1, 0.15) is 5.82 Å². The fraction of sp³-hybridized carbons (Fsp3) is 0.500. The van der Waals surface area contributed by atoms with Crippen molar-refractivity contribution in [3.63, 3.8) is 0 Å². The molecule has 0 spiro atoms. The van der Waals surface area contributed by atoms with E-state index in [1.807, 2.05) is 38.1 Å². The minimum absolute atomic E-state index is 0.170. The Kier molecular flexibility index (Phi) is 6.62. The van der Waals surface area contributed by atoms with Gasteiger partial charge in [0, 0.05) is 13.1 Å². The lowest BCUT2D eigenvalue weighted by atomic mass is 9.81. The van der Waals surface area contributed by atoms with Gasteiger partial charge in [-0.2, -0.15) is 0 Å². The average Bonchev–Trinajstić information content (AvgIpc) is 2.74. The molecule has 1 fully saturated rings. The summed E-state index contributed by atoms with van der Waals surface area (Å²) in [6, 6.07) is 7.57. The van der Waals surface area contributed by atoms with Crippen LogP contribution in [-0.4, -0.2) is 40.0 Å². The Bertz CT molecular complexity index is 932. The SMILES string of the molecule is CC(C)(Cc1ccc(C(C)(C)C(=O)Nc2cncc(N3CCCCC3)n2)cc1)C(=O)O. The molecule has 0 unspecified atom stereocenters. The summed E-state index contributed by atoms with van der Waals surface area (Å²) in [7, 11) is 0. The van der Waals surface area contributed by atoms with E-state index in [0.717, 1.165) is 42.9 Å². The average molecular weight is 425 g/mol. The predicted octanol–water partition coefficient (Wildman–Crippen LogP) is 4.04. The van der Waals surface area contributed by atoms with Gasteiger partial charge in [-0.15, -0.1) is 0 Å². The van der Waals surface area contributed by atoms with Crippen LogP contribution < -0.4 is 10.2 Å². The Morgan fingerprint density at radius 1 is 1.03 bits per heavy atom. The van der Waals surface area contributed by atoms with Crippen LogP contribution in [0.1, 0.15) is 58.1 Å². The topological polar surface area (TPSA) is 95.4 Å². The van der Waals surface area contributed by atoms with E-state index in [1.165, 1.54) is 6.42 Å². The number of nitrogens with zero attached hydrogens (tertiary/aromatic N) is 3. The van der Waals surface area contributed by atoms with E-state index in [9.17, 15) is 14.7 Å². The summed E-state index contributed by atoms with van der Waals surface area (Å²) < 4.78 is 0. The molecule has 166 valence electrons. The number of benzene rings is 1. The van der Waals surface area contributed by atoms with Gasteiger partial charge in [0.05, 0.1) is 23.2 Å². The molecule has 31 heavy (non-hydrogen) atoms. The molecule has 2 N–H and O–H groups in total. The Morgan fingerprint density at radius 2 is 1.68 bits per heavy atom. The number of carbonyl (C=O) groups excluding carboxylic acids is 1. The van der Waals surface area contributed by atoms with E-state index >= 15 is 0 Å². The fourth-order valence-corrected chi connectivity index (χ4v) is 3.72. The molecule has 2 heterocycles. The summed E-state index contributed by atoms with van der Waals surface area (Å²) in [5.74, 6) is 0.238. The number of carboxylic acids is 1. The van der Waals surface area contributed by atoms with Crippen LogP contribution in [-0.2, 0) is 21.4 Å². The molecule has 1 aromatic carbocycles. The standard InChI is InChI=1S/C24H32N4O3/c1-23(2,22(30)31)14-17-8-10-18(11-9-17)24(3,4)21(29)27-19-15-25-16-20(26-19)28-12-6-5-7-13-28/h8-11,15-16H,5-7,12-14H2,1-4H3,(H,30,31)(H,26,27,29). The van der Waals surface area contributed by atoms with Gasteiger partial charge in [-0.3, -0.25) is 14.6 Å². The Hall–Kier alpha value is -2.96. The molecule has 0 aliphatic carbocycles. The van der Waals surface area contributed by atoms with E-state index in [1.54, 1.807) is 26.2 Å². The first-order valence-corrected chi connectivity index (χ1v) is 10.8. The van der Waals surface area contributed by atoms with Crippen molar-refractivity contribution in [2.24, 2.45) is 5.41 Å². The van der Waals surface area contributed by atoms with Crippen molar-refractivity contribution in [1.82, 2.24) is 9.97 Å². The van der Waals surface area contributed by atoms with Crippen molar-refractivity contribution in [2.75, 3.05) is 23.3 Å². The lowest BCUT2D eigenvalue weighted by Crippen LogP contribution is -2.35. The van der Waals surface area contributed by atoms with Crippen LogP contribution in [0.15, 0.2) is 36.7 Å². The summed E-state index contributed by atoms with van der Waals surface area (Å²) in [4.78, 5) is 35.5.